The Labute approximate surface area is 186 Å². The summed E-state index contributed by atoms with van der Waals surface area (Å²) in [6, 6.07) is 14.0. The first-order chi connectivity index (χ1) is 14.9. The van der Waals surface area contributed by atoms with E-state index in [-0.39, 0.29) is 17.9 Å². The van der Waals surface area contributed by atoms with Gasteiger partial charge in [-0.15, -0.1) is 0 Å². The lowest BCUT2D eigenvalue weighted by atomic mass is 9.79. The fourth-order valence-electron chi connectivity index (χ4n) is 5.19. The van der Waals surface area contributed by atoms with Crippen molar-refractivity contribution in [2.45, 2.75) is 44.8 Å². The Balaban J connectivity index is 1.74. The molecule has 0 aliphatic carbocycles. The van der Waals surface area contributed by atoms with Crippen molar-refractivity contribution in [3.8, 4) is 0 Å². The van der Waals surface area contributed by atoms with E-state index in [1.165, 1.54) is 17.9 Å². The monoisotopic (exact) mass is 436 g/mol. The van der Waals surface area contributed by atoms with E-state index in [9.17, 15) is 9.59 Å². The molecule has 6 nitrogen and oxygen atoms in total. The van der Waals surface area contributed by atoms with Crippen LogP contribution in [0.1, 0.15) is 37.1 Å². The highest BCUT2D eigenvalue weighted by Crippen LogP contribution is 2.48. The predicted molar refractivity (Wildman–Crippen MR) is 122 cm³/mol. The summed E-state index contributed by atoms with van der Waals surface area (Å²) in [4.78, 5) is 24.9. The number of halogens is 1. The van der Waals surface area contributed by atoms with Gasteiger partial charge in [0.15, 0.2) is 5.54 Å². The summed E-state index contributed by atoms with van der Waals surface area (Å²) < 4.78 is 2.25. The van der Waals surface area contributed by atoms with Crippen LogP contribution in [0.15, 0.2) is 42.5 Å². The van der Waals surface area contributed by atoms with Crippen molar-refractivity contribution in [2.75, 3.05) is 11.9 Å². The largest absolute Gasteiger partial charge is 0.356 e. The predicted octanol–water partition coefficient (Wildman–Crippen LogP) is 3.55. The number of amides is 2. The molecule has 0 saturated heterocycles. The maximum absolute atomic E-state index is 13.6. The normalized spacial score (nSPS) is 21.8. The third-order valence-electron chi connectivity index (χ3n) is 6.31. The van der Waals surface area contributed by atoms with Gasteiger partial charge in [0, 0.05) is 53.2 Å². The quantitative estimate of drug-likeness (QED) is 0.547. The van der Waals surface area contributed by atoms with E-state index in [2.05, 4.69) is 39.6 Å². The molecular formula is C24H25ClN4O2. The number of para-hydroxylation sites is 1. The highest BCUT2D eigenvalue weighted by molar-refractivity contribution is 6.31. The Kier molecular flexibility index (Phi) is 4.79. The number of aryl methyl sites for hydroxylation is 1. The van der Waals surface area contributed by atoms with Crippen LogP contribution in [0.25, 0.3) is 10.9 Å². The smallest absolute Gasteiger partial charge is 0.255 e. The number of nitrogens with one attached hydrogen (secondary N) is 3. The number of aromatic nitrogens is 1. The van der Waals surface area contributed by atoms with Crippen LogP contribution < -0.4 is 16.0 Å². The number of rotatable bonds is 4. The molecule has 3 N–H and O–H groups in total. The first-order valence-electron chi connectivity index (χ1n) is 10.7. The molecule has 0 bridgehead atoms. The van der Waals surface area contributed by atoms with Gasteiger partial charge in [0.05, 0.1) is 5.69 Å². The van der Waals surface area contributed by atoms with Crippen molar-refractivity contribution >= 4 is 40.0 Å². The molecule has 2 aliphatic heterocycles. The second kappa shape index (κ2) is 7.39. The summed E-state index contributed by atoms with van der Waals surface area (Å²) in [5.41, 5.74) is 3.94. The van der Waals surface area contributed by atoms with Crippen molar-refractivity contribution < 1.29 is 9.59 Å². The zero-order valence-electron chi connectivity index (χ0n) is 17.6. The van der Waals surface area contributed by atoms with Crippen LogP contribution in [0.2, 0.25) is 5.02 Å². The van der Waals surface area contributed by atoms with Crippen molar-refractivity contribution in [3.63, 3.8) is 0 Å². The molecule has 0 unspecified atom stereocenters. The van der Waals surface area contributed by atoms with Gasteiger partial charge in [-0.25, -0.2) is 0 Å². The highest BCUT2D eigenvalue weighted by Gasteiger charge is 2.54. The van der Waals surface area contributed by atoms with Gasteiger partial charge >= 0.3 is 0 Å². The Morgan fingerprint density at radius 3 is 2.90 bits per heavy atom. The van der Waals surface area contributed by atoms with Gasteiger partial charge in [-0.05, 0) is 49.6 Å². The number of fused-ring (bicyclic) bond motifs is 6. The SMILES string of the molecule is CC(=O)NCCCn1c2c(c3ccccc31)C[C@H](C)N[C@@]21C(=O)Nc2ccc(Cl)cc21. The standard InChI is InChI=1S/C24H25ClN4O2/c1-14-12-18-17-6-3-4-7-21(17)29(11-5-10-26-15(2)30)22(18)24(28-14)19-13-16(25)8-9-20(19)27-23(24)31/h3-4,6-9,13-14,28H,5,10-12H2,1-2H3,(H,26,30)(H,27,31)/t14-,24+/m0/s1. The molecule has 2 amide bonds. The molecule has 31 heavy (non-hydrogen) atoms. The number of carbonyl (C=O) groups excluding carboxylic acids is 2. The summed E-state index contributed by atoms with van der Waals surface area (Å²) >= 11 is 6.37. The van der Waals surface area contributed by atoms with E-state index < -0.39 is 5.54 Å². The average Bonchev–Trinajstić information content (AvgIpc) is 3.18. The molecule has 2 aliphatic rings. The summed E-state index contributed by atoms with van der Waals surface area (Å²) in [6.45, 7) is 4.92. The van der Waals surface area contributed by atoms with Crippen LogP contribution in [0.4, 0.5) is 5.69 Å². The second-order valence-electron chi connectivity index (χ2n) is 8.48. The van der Waals surface area contributed by atoms with Crippen LogP contribution in [0, 0.1) is 0 Å². The van der Waals surface area contributed by atoms with Crippen LogP contribution in [0.3, 0.4) is 0 Å². The number of benzene rings is 2. The van der Waals surface area contributed by atoms with Gasteiger partial charge in [-0.2, -0.15) is 0 Å². The van der Waals surface area contributed by atoms with Crippen LogP contribution in [0.5, 0.6) is 0 Å². The zero-order valence-corrected chi connectivity index (χ0v) is 18.3. The lowest BCUT2D eigenvalue weighted by molar-refractivity contribution is -0.121. The van der Waals surface area contributed by atoms with E-state index in [1.807, 2.05) is 24.3 Å². The van der Waals surface area contributed by atoms with Gasteiger partial charge < -0.3 is 15.2 Å². The molecule has 160 valence electrons. The molecule has 3 heterocycles. The number of nitrogens with zero attached hydrogens (tertiary/aromatic N) is 1. The lowest BCUT2D eigenvalue weighted by Crippen LogP contribution is -2.57. The van der Waals surface area contributed by atoms with E-state index in [4.69, 9.17) is 11.6 Å². The molecule has 3 aromatic rings. The Morgan fingerprint density at radius 1 is 1.29 bits per heavy atom. The maximum atomic E-state index is 13.6. The molecule has 0 radical (unpaired) electrons. The fraction of sp³-hybridized carbons (Fsp3) is 0.333. The minimum absolute atomic E-state index is 0.0369. The third-order valence-corrected chi connectivity index (χ3v) is 6.55. The minimum atomic E-state index is -1.000. The number of carbonyl (C=O) groups is 2. The zero-order chi connectivity index (χ0) is 21.8. The van der Waals surface area contributed by atoms with Crippen LogP contribution in [-0.4, -0.2) is 29.0 Å². The Hall–Kier alpha value is -2.83. The summed E-state index contributed by atoms with van der Waals surface area (Å²) in [5.74, 6) is -0.117. The van der Waals surface area contributed by atoms with Crippen LogP contribution in [-0.2, 0) is 28.1 Å². The summed E-state index contributed by atoms with van der Waals surface area (Å²) in [7, 11) is 0. The fourth-order valence-corrected chi connectivity index (χ4v) is 5.36. The number of hydrogen-bond acceptors (Lipinski definition) is 3. The summed E-state index contributed by atoms with van der Waals surface area (Å²) in [5, 5.41) is 11.3. The van der Waals surface area contributed by atoms with Gasteiger partial charge in [0.25, 0.3) is 5.91 Å². The molecule has 5 rings (SSSR count). The average molecular weight is 437 g/mol. The number of hydrogen-bond donors (Lipinski definition) is 3. The minimum Gasteiger partial charge on any atom is -0.356 e. The molecule has 2 aromatic carbocycles. The molecule has 7 heteroatoms. The summed E-state index contributed by atoms with van der Waals surface area (Å²) in [6.07, 6.45) is 1.60. The van der Waals surface area contributed by atoms with Gasteiger partial charge in [-0.1, -0.05) is 29.8 Å². The first-order valence-corrected chi connectivity index (χ1v) is 11.0. The number of anilines is 1. The molecular weight excluding hydrogens is 412 g/mol. The van der Waals surface area contributed by atoms with Crippen LogP contribution >= 0.6 is 11.6 Å². The Bertz CT molecular complexity index is 1220. The first kappa shape index (κ1) is 20.1. The lowest BCUT2D eigenvalue weighted by Gasteiger charge is -2.38. The van der Waals surface area contributed by atoms with Crippen molar-refractivity contribution in [1.29, 1.82) is 0 Å². The second-order valence-corrected chi connectivity index (χ2v) is 8.91. The van der Waals surface area contributed by atoms with E-state index in [0.29, 0.717) is 18.1 Å². The van der Waals surface area contributed by atoms with Crippen molar-refractivity contribution in [1.82, 2.24) is 15.2 Å². The van der Waals surface area contributed by atoms with Gasteiger partial charge in [-0.3, -0.25) is 14.9 Å². The van der Waals surface area contributed by atoms with E-state index in [0.717, 1.165) is 35.3 Å². The molecule has 0 fully saturated rings. The van der Waals surface area contributed by atoms with E-state index >= 15 is 0 Å². The molecule has 1 aromatic heterocycles. The Morgan fingerprint density at radius 2 is 2.10 bits per heavy atom. The maximum Gasteiger partial charge on any atom is 0.255 e. The molecule has 1 spiro atoms. The topological polar surface area (TPSA) is 75.2 Å². The third kappa shape index (κ3) is 3.05. The highest BCUT2D eigenvalue weighted by atomic mass is 35.5. The van der Waals surface area contributed by atoms with Crippen molar-refractivity contribution in [3.05, 3.63) is 64.3 Å². The van der Waals surface area contributed by atoms with E-state index in [1.54, 1.807) is 6.07 Å². The molecule has 0 saturated carbocycles. The van der Waals surface area contributed by atoms with Gasteiger partial charge in [0.2, 0.25) is 5.91 Å². The van der Waals surface area contributed by atoms with Crippen molar-refractivity contribution in [2.24, 2.45) is 0 Å². The molecule has 2 atom stereocenters. The van der Waals surface area contributed by atoms with Gasteiger partial charge in [0.1, 0.15) is 0 Å².